The Hall–Kier alpha value is -0.243. The predicted octanol–water partition coefficient (Wildman–Crippen LogP) is 4.89. The third-order valence-electron chi connectivity index (χ3n) is 3.72. The van der Waals surface area contributed by atoms with Gasteiger partial charge in [0.2, 0.25) is 9.04 Å². The molecule has 0 saturated heterocycles. The molecule has 1 nitrogen and oxygen atoms in total. The zero-order chi connectivity index (χ0) is 12.9. The Morgan fingerprint density at radius 1 is 1.18 bits per heavy atom. The van der Waals surface area contributed by atoms with Gasteiger partial charge >= 0.3 is 0 Å². The summed E-state index contributed by atoms with van der Waals surface area (Å²) in [4.78, 5) is 0. The van der Waals surface area contributed by atoms with Crippen molar-refractivity contribution in [3.05, 3.63) is 11.8 Å². The Bertz CT molecular complexity index is 250. The highest BCUT2D eigenvalue weighted by molar-refractivity contribution is 6.48. The molecule has 0 aliphatic heterocycles. The van der Waals surface area contributed by atoms with E-state index < -0.39 is 9.04 Å². The van der Waals surface area contributed by atoms with Crippen LogP contribution in [-0.4, -0.2) is 9.04 Å². The first kappa shape index (κ1) is 14.8. The smallest absolute Gasteiger partial charge is 0.229 e. The lowest BCUT2D eigenvalue weighted by Crippen LogP contribution is -2.20. The lowest BCUT2D eigenvalue weighted by atomic mass is 9.75. The molecule has 0 heterocycles. The van der Waals surface area contributed by atoms with E-state index in [0.717, 1.165) is 12.3 Å². The van der Waals surface area contributed by atoms with Crippen LogP contribution in [0.3, 0.4) is 0 Å². The predicted molar refractivity (Wildman–Crippen MR) is 78.7 cm³/mol. The summed E-state index contributed by atoms with van der Waals surface area (Å²) in [7, 11) is -0.911. The molecular formula is C15H30OSi. The normalized spacial score (nSPS) is 26.7. The van der Waals surface area contributed by atoms with E-state index in [1.807, 2.05) is 0 Å². The number of hydrogen-bond donors (Lipinski definition) is 0. The standard InChI is InChI=1S/C15H30OSi/c1-15(2,3)13-9-6-7-11-14(12-8-10-13)16-17(4)5/h11,13,17H,6-10,12H2,1-5H3/b14-11+. The molecule has 0 amide bonds. The van der Waals surface area contributed by atoms with Crippen LogP contribution in [0, 0.1) is 11.3 Å². The summed E-state index contributed by atoms with van der Waals surface area (Å²) < 4.78 is 6.00. The number of allylic oxidation sites excluding steroid dienone is 2. The number of hydrogen-bond acceptors (Lipinski definition) is 1. The van der Waals surface area contributed by atoms with E-state index in [2.05, 4.69) is 39.9 Å². The zero-order valence-electron chi connectivity index (χ0n) is 12.4. The third-order valence-corrected chi connectivity index (χ3v) is 4.49. The van der Waals surface area contributed by atoms with Crippen molar-refractivity contribution in [3.63, 3.8) is 0 Å². The average Bonchev–Trinajstić information content (AvgIpc) is 2.27. The van der Waals surface area contributed by atoms with Crippen LogP contribution in [0.15, 0.2) is 11.8 Å². The molecule has 0 bridgehead atoms. The summed E-state index contributed by atoms with van der Waals surface area (Å²) in [6, 6.07) is 0. The van der Waals surface area contributed by atoms with Gasteiger partial charge in [-0.25, -0.2) is 0 Å². The number of rotatable bonds is 2. The molecule has 1 atom stereocenters. The van der Waals surface area contributed by atoms with Crippen molar-refractivity contribution in [2.24, 2.45) is 11.3 Å². The minimum absolute atomic E-state index is 0.470. The second-order valence-electron chi connectivity index (χ2n) is 6.72. The van der Waals surface area contributed by atoms with Gasteiger partial charge in [0.25, 0.3) is 0 Å². The van der Waals surface area contributed by atoms with Crippen molar-refractivity contribution in [2.75, 3.05) is 0 Å². The maximum atomic E-state index is 6.00. The molecule has 0 fully saturated rings. The molecule has 2 heteroatoms. The van der Waals surface area contributed by atoms with Gasteiger partial charge < -0.3 is 4.43 Å². The lowest BCUT2D eigenvalue weighted by molar-refractivity contribution is 0.204. The van der Waals surface area contributed by atoms with Gasteiger partial charge in [-0.15, -0.1) is 0 Å². The van der Waals surface area contributed by atoms with Crippen molar-refractivity contribution in [1.29, 1.82) is 0 Å². The summed E-state index contributed by atoms with van der Waals surface area (Å²) in [5.41, 5.74) is 0.470. The largest absolute Gasteiger partial charge is 0.550 e. The van der Waals surface area contributed by atoms with Gasteiger partial charge in [0, 0.05) is 6.42 Å². The summed E-state index contributed by atoms with van der Waals surface area (Å²) in [6.45, 7) is 11.7. The van der Waals surface area contributed by atoms with E-state index in [0.29, 0.717) is 5.41 Å². The maximum Gasteiger partial charge on any atom is 0.229 e. The molecule has 1 aliphatic carbocycles. The lowest BCUT2D eigenvalue weighted by Gasteiger charge is -2.30. The highest BCUT2D eigenvalue weighted by Gasteiger charge is 2.24. The quantitative estimate of drug-likeness (QED) is 0.638. The molecule has 0 saturated carbocycles. The van der Waals surface area contributed by atoms with Crippen LogP contribution in [-0.2, 0) is 4.43 Å². The van der Waals surface area contributed by atoms with E-state index in [4.69, 9.17) is 4.43 Å². The average molecular weight is 254 g/mol. The fourth-order valence-electron chi connectivity index (χ4n) is 2.67. The summed E-state index contributed by atoms with van der Waals surface area (Å²) in [5, 5.41) is 0. The van der Waals surface area contributed by atoms with Crippen molar-refractivity contribution in [1.82, 2.24) is 0 Å². The van der Waals surface area contributed by atoms with Gasteiger partial charge in [0.05, 0.1) is 5.76 Å². The van der Waals surface area contributed by atoms with E-state index in [-0.39, 0.29) is 0 Å². The van der Waals surface area contributed by atoms with E-state index in [9.17, 15) is 0 Å². The van der Waals surface area contributed by atoms with Gasteiger partial charge in [0.1, 0.15) is 0 Å². The molecule has 17 heavy (non-hydrogen) atoms. The van der Waals surface area contributed by atoms with Crippen LogP contribution in [0.4, 0.5) is 0 Å². The molecule has 0 N–H and O–H groups in total. The van der Waals surface area contributed by atoms with Crippen LogP contribution >= 0.6 is 0 Å². The van der Waals surface area contributed by atoms with Gasteiger partial charge in [-0.3, -0.25) is 0 Å². The van der Waals surface area contributed by atoms with E-state index in [1.165, 1.54) is 37.9 Å². The van der Waals surface area contributed by atoms with Crippen LogP contribution in [0.5, 0.6) is 0 Å². The van der Waals surface area contributed by atoms with E-state index in [1.54, 1.807) is 0 Å². The molecule has 1 aliphatic rings. The van der Waals surface area contributed by atoms with E-state index >= 15 is 0 Å². The molecule has 100 valence electrons. The molecule has 0 spiro atoms. The fourth-order valence-corrected chi connectivity index (χ4v) is 3.49. The summed E-state index contributed by atoms with van der Waals surface area (Å²) >= 11 is 0. The second-order valence-corrected chi connectivity index (χ2v) is 9.06. The Balaban J connectivity index is 2.51. The van der Waals surface area contributed by atoms with Gasteiger partial charge in [-0.05, 0) is 62.6 Å². The molecule has 0 aromatic carbocycles. The molecule has 1 rings (SSSR count). The summed E-state index contributed by atoms with van der Waals surface area (Å²) in [6.07, 6.45) is 10.1. The molecular weight excluding hydrogens is 224 g/mol. The first-order valence-corrected chi connectivity index (χ1v) is 10.0. The monoisotopic (exact) mass is 254 g/mol. The van der Waals surface area contributed by atoms with Crippen LogP contribution in [0.2, 0.25) is 13.1 Å². The first-order chi connectivity index (χ1) is 7.89. The minimum atomic E-state index is -0.911. The zero-order valence-corrected chi connectivity index (χ0v) is 13.5. The Kier molecular flexibility index (Phi) is 5.77. The molecule has 1 unspecified atom stereocenters. The maximum absolute atomic E-state index is 6.00. The Morgan fingerprint density at radius 2 is 1.82 bits per heavy atom. The highest BCUT2D eigenvalue weighted by atomic mass is 28.3. The summed E-state index contributed by atoms with van der Waals surface area (Å²) in [5.74, 6) is 2.17. The van der Waals surface area contributed by atoms with Crippen molar-refractivity contribution >= 4 is 9.04 Å². The minimum Gasteiger partial charge on any atom is -0.550 e. The fraction of sp³-hybridized carbons (Fsp3) is 0.867. The third kappa shape index (κ3) is 5.76. The van der Waals surface area contributed by atoms with Crippen LogP contribution < -0.4 is 0 Å². The molecule has 0 radical (unpaired) electrons. The van der Waals surface area contributed by atoms with Crippen LogP contribution in [0.1, 0.15) is 59.3 Å². The van der Waals surface area contributed by atoms with Gasteiger partial charge in [0.15, 0.2) is 0 Å². The highest BCUT2D eigenvalue weighted by Crippen LogP contribution is 2.35. The Labute approximate surface area is 109 Å². The van der Waals surface area contributed by atoms with Crippen molar-refractivity contribution in [3.8, 4) is 0 Å². The molecule has 0 aromatic rings. The second kappa shape index (κ2) is 6.63. The van der Waals surface area contributed by atoms with Crippen molar-refractivity contribution in [2.45, 2.75) is 72.4 Å². The molecule has 0 aromatic heterocycles. The SMILES string of the molecule is C[SiH](C)O/C1=C/CCCC(C(C)(C)C)CCC1. The van der Waals surface area contributed by atoms with Crippen molar-refractivity contribution < 1.29 is 4.43 Å². The van der Waals surface area contributed by atoms with Gasteiger partial charge in [-0.1, -0.05) is 20.8 Å². The van der Waals surface area contributed by atoms with Crippen LogP contribution in [0.25, 0.3) is 0 Å². The topological polar surface area (TPSA) is 9.23 Å². The van der Waals surface area contributed by atoms with Gasteiger partial charge in [-0.2, -0.15) is 0 Å². The first-order valence-electron chi connectivity index (χ1n) is 7.25. The Morgan fingerprint density at radius 3 is 2.41 bits per heavy atom.